The summed E-state index contributed by atoms with van der Waals surface area (Å²) in [5.41, 5.74) is -0.973. The third-order valence-corrected chi connectivity index (χ3v) is 3.81. The van der Waals surface area contributed by atoms with Gasteiger partial charge in [-0.25, -0.2) is 0 Å². The highest BCUT2D eigenvalue weighted by Crippen LogP contribution is 2.31. The number of hydrogen-bond donors (Lipinski definition) is 2. The number of nitrogens with one attached hydrogen (secondary N) is 1. The quantitative estimate of drug-likeness (QED) is 0.680. The lowest BCUT2D eigenvalue weighted by Crippen LogP contribution is -2.42. The first kappa shape index (κ1) is 18.9. The Kier molecular flexibility index (Phi) is 7.20. The molecule has 0 aliphatic heterocycles. The Bertz CT molecular complexity index is 334. The van der Waals surface area contributed by atoms with Gasteiger partial charge in [0.2, 0.25) is 5.91 Å². The average molecular weight is 286 g/mol. The zero-order chi connectivity index (χ0) is 16.0. The number of carboxylic acids is 1. The third kappa shape index (κ3) is 5.90. The first-order valence-electron chi connectivity index (χ1n) is 7.23. The Morgan fingerprint density at radius 3 is 2.00 bits per heavy atom. The van der Waals surface area contributed by atoms with Crippen molar-refractivity contribution < 1.29 is 14.7 Å². The van der Waals surface area contributed by atoms with Crippen molar-refractivity contribution in [1.29, 1.82) is 0 Å². The zero-order valence-electron chi connectivity index (χ0n) is 13.7. The molecule has 0 atom stereocenters. The van der Waals surface area contributed by atoms with Gasteiger partial charge in [-0.15, -0.1) is 0 Å². The van der Waals surface area contributed by atoms with Crippen LogP contribution in [0.5, 0.6) is 0 Å². The highest BCUT2D eigenvalue weighted by atomic mass is 16.4. The normalized spacial score (nSPS) is 12.6. The Hall–Kier alpha value is -1.10. The fraction of sp³-hybridized carbons (Fsp3) is 0.867. The van der Waals surface area contributed by atoms with Gasteiger partial charge < -0.3 is 15.3 Å². The van der Waals surface area contributed by atoms with E-state index in [0.29, 0.717) is 19.4 Å². The highest BCUT2D eigenvalue weighted by molar-refractivity contribution is 5.84. The smallest absolute Gasteiger partial charge is 0.310 e. The summed E-state index contributed by atoms with van der Waals surface area (Å²) in [6.07, 6.45) is 0.980. The van der Waals surface area contributed by atoms with Crippen LogP contribution in [0, 0.1) is 10.8 Å². The Morgan fingerprint density at radius 1 is 1.15 bits per heavy atom. The van der Waals surface area contributed by atoms with Gasteiger partial charge in [-0.3, -0.25) is 9.59 Å². The molecule has 0 spiro atoms. The number of rotatable bonds is 9. The van der Waals surface area contributed by atoms with Crippen molar-refractivity contribution in [3.63, 3.8) is 0 Å². The van der Waals surface area contributed by atoms with Crippen molar-refractivity contribution in [2.45, 2.75) is 47.0 Å². The third-order valence-electron chi connectivity index (χ3n) is 3.81. The summed E-state index contributed by atoms with van der Waals surface area (Å²) in [5.74, 6) is -1.06. The SMILES string of the molecule is CCC(CC)(CC(=O)NCC(C)(C)CN(C)C)C(=O)O. The second kappa shape index (κ2) is 7.62. The predicted molar refractivity (Wildman–Crippen MR) is 80.6 cm³/mol. The number of aliphatic carboxylic acids is 1. The molecule has 2 N–H and O–H groups in total. The molecule has 5 heteroatoms. The number of hydrogen-bond acceptors (Lipinski definition) is 3. The second-order valence-electron chi connectivity index (χ2n) is 6.65. The fourth-order valence-corrected chi connectivity index (χ4v) is 2.50. The van der Waals surface area contributed by atoms with Gasteiger partial charge in [-0.1, -0.05) is 27.7 Å². The highest BCUT2D eigenvalue weighted by Gasteiger charge is 2.37. The van der Waals surface area contributed by atoms with Crippen LogP contribution in [0.3, 0.4) is 0 Å². The minimum absolute atomic E-state index is 0.0382. The predicted octanol–water partition coefficient (Wildman–Crippen LogP) is 1.97. The summed E-state index contributed by atoms with van der Waals surface area (Å²) in [6, 6.07) is 0. The van der Waals surface area contributed by atoms with E-state index in [1.807, 2.05) is 27.9 Å². The molecule has 0 bridgehead atoms. The van der Waals surface area contributed by atoms with Crippen molar-refractivity contribution >= 4 is 11.9 Å². The summed E-state index contributed by atoms with van der Waals surface area (Å²) in [7, 11) is 3.99. The van der Waals surface area contributed by atoms with Crippen LogP contribution in [0.2, 0.25) is 0 Å². The van der Waals surface area contributed by atoms with E-state index in [0.717, 1.165) is 6.54 Å². The molecular weight excluding hydrogens is 256 g/mol. The van der Waals surface area contributed by atoms with Crippen LogP contribution in [0.1, 0.15) is 47.0 Å². The van der Waals surface area contributed by atoms with Crippen molar-refractivity contribution in [2.75, 3.05) is 27.2 Å². The van der Waals surface area contributed by atoms with Crippen LogP contribution in [-0.2, 0) is 9.59 Å². The van der Waals surface area contributed by atoms with Crippen molar-refractivity contribution in [1.82, 2.24) is 10.2 Å². The molecule has 0 aromatic carbocycles. The maximum atomic E-state index is 12.0. The molecular formula is C15H30N2O3. The molecule has 0 aromatic rings. The largest absolute Gasteiger partial charge is 0.481 e. The molecule has 0 fully saturated rings. The lowest BCUT2D eigenvalue weighted by molar-refractivity contribution is -0.152. The minimum atomic E-state index is -0.935. The van der Waals surface area contributed by atoms with Crippen LogP contribution in [0.4, 0.5) is 0 Å². The molecule has 0 aromatic heterocycles. The standard InChI is InChI=1S/C15H30N2O3/c1-7-15(8-2,13(19)20)9-12(18)16-10-14(3,4)11-17(5)6/h7-11H2,1-6H3,(H,16,18)(H,19,20). The van der Waals surface area contributed by atoms with Crippen molar-refractivity contribution in [3.8, 4) is 0 Å². The minimum Gasteiger partial charge on any atom is -0.481 e. The van der Waals surface area contributed by atoms with Gasteiger partial charge in [0.05, 0.1) is 5.41 Å². The molecule has 0 saturated heterocycles. The first-order chi connectivity index (χ1) is 9.08. The molecule has 5 nitrogen and oxygen atoms in total. The number of carbonyl (C=O) groups is 2. The van der Waals surface area contributed by atoms with Crippen molar-refractivity contribution in [2.24, 2.45) is 10.8 Å². The first-order valence-corrected chi connectivity index (χ1v) is 7.23. The molecule has 1 amide bonds. The molecule has 0 saturated carbocycles. The summed E-state index contributed by atoms with van der Waals surface area (Å²) < 4.78 is 0. The molecule has 20 heavy (non-hydrogen) atoms. The maximum Gasteiger partial charge on any atom is 0.310 e. The van der Waals surface area contributed by atoms with Gasteiger partial charge in [0.1, 0.15) is 0 Å². The van der Waals surface area contributed by atoms with Crippen LogP contribution < -0.4 is 5.32 Å². The molecule has 0 aliphatic carbocycles. The molecule has 0 heterocycles. The van der Waals surface area contributed by atoms with E-state index in [9.17, 15) is 14.7 Å². The lowest BCUT2D eigenvalue weighted by Gasteiger charge is -2.30. The van der Waals surface area contributed by atoms with Crippen LogP contribution in [0.15, 0.2) is 0 Å². The van der Waals surface area contributed by atoms with E-state index in [1.165, 1.54) is 0 Å². The van der Waals surface area contributed by atoms with Crippen LogP contribution in [-0.4, -0.2) is 49.1 Å². The van der Waals surface area contributed by atoms with Gasteiger partial charge in [-0.2, -0.15) is 0 Å². The van der Waals surface area contributed by atoms with Gasteiger partial charge in [0, 0.05) is 19.5 Å². The number of carbonyl (C=O) groups excluding carboxylic acids is 1. The maximum absolute atomic E-state index is 12.0. The fourth-order valence-electron chi connectivity index (χ4n) is 2.50. The number of nitrogens with zero attached hydrogens (tertiary/aromatic N) is 1. The lowest BCUT2D eigenvalue weighted by atomic mass is 9.79. The van der Waals surface area contributed by atoms with Gasteiger partial charge in [0.25, 0.3) is 0 Å². The summed E-state index contributed by atoms with van der Waals surface area (Å²) in [4.78, 5) is 25.5. The van der Waals surface area contributed by atoms with E-state index in [2.05, 4.69) is 24.1 Å². The van der Waals surface area contributed by atoms with Gasteiger partial charge >= 0.3 is 5.97 Å². The average Bonchev–Trinajstić information content (AvgIpc) is 2.32. The molecule has 118 valence electrons. The monoisotopic (exact) mass is 286 g/mol. The van der Waals surface area contributed by atoms with E-state index < -0.39 is 11.4 Å². The van der Waals surface area contributed by atoms with Crippen LogP contribution in [0.25, 0.3) is 0 Å². The van der Waals surface area contributed by atoms with Crippen LogP contribution >= 0.6 is 0 Å². The Morgan fingerprint density at radius 2 is 1.65 bits per heavy atom. The Labute approximate surface area is 122 Å². The van der Waals surface area contributed by atoms with Gasteiger partial charge in [-0.05, 0) is 32.4 Å². The number of carboxylic acid groups (broad SMARTS) is 1. The molecule has 0 rings (SSSR count). The van der Waals surface area contributed by atoms with E-state index in [-0.39, 0.29) is 17.7 Å². The number of amides is 1. The Balaban J connectivity index is 4.53. The summed E-state index contributed by atoms with van der Waals surface area (Å²) in [5, 5.41) is 12.2. The van der Waals surface area contributed by atoms with E-state index in [4.69, 9.17) is 0 Å². The molecule has 0 unspecified atom stereocenters. The topological polar surface area (TPSA) is 69.6 Å². The van der Waals surface area contributed by atoms with Crippen molar-refractivity contribution in [3.05, 3.63) is 0 Å². The van der Waals surface area contributed by atoms with E-state index >= 15 is 0 Å². The summed E-state index contributed by atoms with van der Waals surface area (Å²) in [6.45, 7) is 9.21. The second-order valence-corrected chi connectivity index (χ2v) is 6.65. The molecule has 0 radical (unpaired) electrons. The summed E-state index contributed by atoms with van der Waals surface area (Å²) >= 11 is 0. The van der Waals surface area contributed by atoms with E-state index in [1.54, 1.807) is 0 Å². The molecule has 0 aliphatic rings. The van der Waals surface area contributed by atoms with Gasteiger partial charge in [0.15, 0.2) is 0 Å². The zero-order valence-corrected chi connectivity index (χ0v) is 13.7.